The highest BCUT2D eigenvalue weighted by Gasteiger charge is 2.19. The summed E-state index contributed by atoms with van der Waals surface area (Å²) < 4.78 is 16.6. The van der Waals surface area contributed by atoms with Gasteiger partial charge in [-0.1, -0.05) is 240 Å². The summed E-state index contributed by atoms with van der Waals surface area (Å²) in [4.78, 5) is 37.7. The summed E-state index contributed by atoms with van der Waals surface area (Å²) in [5, 5.41) is 0. The Morgan fingerprint density at radius 1 is 0.333 bits per heavy atom. The molecule has 1 atom stereocenters. The third kappa shape index (κ3) is 51.3. The first-order chi connectivity index (χ1) is 32.5. The van der Waals surface area contributed by atoms with E-state index in [2.05, 4.69) is 106 Å². The fourth-order valence-electron chi connectivity index (χ4n) is 7.29. The van der Waals surface area contributed by atoms with Gasteiger partial charge in [0.25, 0.3) is 0 Å². The van der Waals surface area contributed by atoms with Crippen LogP contribution in [0.15, 0.2) is 97.2 Å². The van der Waals surface area contributed by atoms with Crippen molar-refractivity contribution >= 4 is 17.9 Å². The molecule has 0 rings (SSSR count). The van der Waals surface area contributed by atoms with E-state index in [-0.39, 0.29) is 31.6 Å². The standard InChI is InChI=1S/C60H100O6/c1-4-7-10-13-16-18-20-22-24-25-26-27-28-29-30-31-32-33-34-35-37-38-40-42-44-47-50-53-59(62)65-56-57(55-64-58(61)52-49-46-15-12-9-6-3)66-60(63)54-51-48-45-43-41-39-36-23-21-19-17-14-11-8-5-2/h8,11,17,19-20,22-23,25-26,28-29,36,41,43,48,51,57H,4-7,9-10,12-16,18,21,24,27,30-35,37-40,42,44-47,49-50,52-56H2,1-3H3/b11-8-,19-17-,22-20-,26-25-,29-28-,36-23-,43-41-,51-48-. The second-order valence-electron chi connectivity index (χ2n) is 17.8. The maximum absolute atomic E-state index is 12.7. The quantitative estimate of drug-likeness (QED) is 0.0262. The molecule has 0 aromatic carbocycles. The molecule has 6 heteroatoms. The molecule has 376 valence electrons. The summed E-state index contributed by atoms with van der Waals surface area (Å²) in [5.41, 5.74) is 0. The van der Waals surface area contributed by atoms with E-state index >= 15 is 0 Å². The van der Waals surface area contributed by atoms with Crippen molar-refractivity contribution in [2.45, 2.75) is 252 Å². The lowest BCUT2D eigenvalue weighted by Gasteiger charge is -2.18. The highest BCUT2D eigenvalue weighted by molar-refractivity contribution is 5.72. The van der Waals surface area contributed by atoms with Gasteiger partial charge in [0.15, 0.2) is 6.10 Å². The molecule has 0 aliphatic rings. The van der Waals surface area contributed by atoms with Crippen LogP contribution in [-0.4, -0.2) is 37.2 Å². The summed E-state index contributed by atoms with van der Waals surface area (Å²) in [6.45, 7) is 6.36. The first kappa shape index (κ1) is 62.3. The van der Waals surface area contributed by atoms with Crippen LogP contribution in [0.5, 0.6) is 0 Å². The van der Waals surface area contributed by atoms with E-state index < -0.39 is 12.1 Å². The number of hydrogen-bond acceptors (Lipinski definition) is 6. The van der Waals surface area contributed by atoms with Gasteiger partial charge in [-0.15, -0.1) is 0 Å². The normalized spacial score (nSPS) is 12.8. The second kappa shape index (κ2) is 53.9. The Bertz CT molecular complexity index is 1330. The van der Waals surface area contributed by atoms with Crippen LogP contribution in [0.2, 0.25) is 0 Å². The van der Waals surface area contributed by atoms with Crippen molar-refractivity contribution in [2.75, 3.05) is 13.2 Å². The van der Waals surface area contributed by atoms with Crippen LogP contribution >= 0.6 is 0 Å². The molecule has 0 radical (unpaired) electrons. The van der Waals surface area contributed by atoms with Gasteiger partial charge >= 0.3 is 17.9 Å². The van der Waals surface area contributed by atoms with E-state index in [4.69, 9.17) is 14.2 Å². The third-order valence-electron chi connectivity index (χ3n) is 11.4. The van der Waals surface area contributed by atoms with Gasteiger partial charge in [-0.3, -0.25) is 14.4 Å². The monoisotopic (exact) mass is 917 g/mol. The number of unbranched alkanes of at least 4 members (excludes halogenated alkanes) is 22. The minimum absolute atomic E-state index is 0.0957. The van der Waals surface area contributed by atoms with Gasteiger partial charge in [0.2, 0.25) is 0 Å². The largest absolute Gasteiger partial charge is 0.462 e. The predicted octanol–water partition coefficient (Wildman–Crippen LogP) is 18.1. The lowest BCUT2D eigenvalue weighted by Crippen LogP contribution is -2.30. The molecule has 0 spiro atoms. The first-order valence-corrected chi connectivity index (χ1v) is 27.2. The van der Waals surface area contributed by atoms with Gasteiger partial charge < -0.3 is 14.2 Å². The number of esters is 3. The van der Waals surface area contributed by atoms with Crippen LogP contribution in [-0.2, 0) is 28.6 Å². The molecular weight excluding hydrogens is 817 g/mol. The average Bonchev–Trinajstić information content (AvgIpc) is 3.31. The Kier molecular flexibility index (Phi) is 50.9. The Hall–Kier alpha value is -3.67. The van der Waals surface area contributed by atoms with Crippen LogP contribution in [0.3, 0.4) is 0 Å². The minimum Gasteiger partial charge on any atom is -0.462 e. The molecule has 1 unspecified atom stereocenters. The smallest absolute Gasteiger partial charge is 0.310 e. The number of rotatable bonds is 48. The van der Waals surface area contributed by atoms with Gasteiger partial charge in [-0.25, -0.2) is 0 Å². The molecule has 0 bridgehead atoms. The lowest BCUT2D eigenvalue weighted by atomic mass is 10.0. The molecule has 0 saturated carbocycles. The van der Waals surface area contributed by atoms with Crippen LogP contribution < -0.4 is 0 Å². The van der Waals surface area contributed by atoms with Gasteiger partial charge in [-0.2, -0.15) is 0 Å². The molecule has 0 aliphatic carbocycles. The van der Waals surface area contributed by atoms with Crippen LogP contribution in [0.4, 0.5) is 0 Å². The van der Waals surface area contributed by atoms with Crippen LogP contribution in [0.1, 0.15) is 245 Å². The summed E-state index contributed by atoms with van der Waals surface area (Å²) in [5.74, 6) is -1.06. The zero-order chi connectivity index (χ0) is 47.9. The Balaban J connectivity index is 4.19. The molecule has 0 aromatic rings. The number of hydrogen-bond donors (Lipinski definition) is 0. The molecule has 0 aromatic heterocycles. The molecular formula is C60H100O6. The fraction of sp³-hybridized carbons (Fsp3) is 0.683. The third-order valence-corrected chi connectivity index (χ3v) is 11.4. The summed E-state index contributed by atoms with van der Waals surface area (Å²) in [6.07, 6.45) is 71.8. The Morgan fingerprint density at radius 2 is 0.636 bits per heavy atom. The van der Waals surface area contributed by atoms with Crippen molar-refractivity contribution in [1.29, 1.82) is 0 Å². The Labute approximate surface area is 407 Å². The summed E-state index contributed by atoms with van der Waals surface area (Å²) >= 11 is 0. The summed E-state index contributed by atoms with van der Waals surface area (Å²) in [6, 6.07) is 0. The van der Waals surface area contributed by atoms with Gasteiger partial charge in [0.1, 0.15) is 13.2 Å². The van der Waals surface area contributed by atoms with Crippen molar-refractivity contribution in [3.05, 3.63) is 97.2 Å². The fourth-order valence-corrected chi connectivity index (χ4v) is 7.29. The van der Waals surface area contributed by atoms with E-state index in [0.29, 0.717) is 12.8 Å². The SMILES string of the molecule is CC/C=C\C/C=C\C/C=C\C/C=C\C/C=C\CC(=O)OC(COC(=O)CCCCCCCC)COC(=O)CCCCCCCCCCCCCC/C=C\C/C=C\C/C=C\CCCCCCC. The van der Waals surface area contributed by atoms with Crippen LogP contribution in [0, 0.1) is 0 Å². The van der Waals surface area contributed by atoms with E-state index in [9.17, 15) is 14.4 Å². The number of ether oxygens (including phenoxy) is 3. The molecule has 0 heterocycles. The van der Waals surface area contributed by atoms with Gasteiger partial charge in [0.05, 0.1) is 6.42 Å². The predicted molar refractivity (Wildman–Crippen MR) is 284 cm³/mol. The molecule has 0 N–H and O–H groups in total. The molecule has 6 nitrogen and oxygen atoms in total. The van der Waals surface area contributed by atoms with E-state index in [1.807, 2.05) is 6.08 Å². The molecule has 0 amide bonds. The summed E-state index contributed by atoms with van der Waals surface area (Å²) in [7, 11) is 0. The maximum Gasteiger partial charge on any atom is 0.310 e. The average molecular weight is 917 g/mol. The molecule has 0 fully saturated rings. The van der Waals surface area contributed by atoms with E-state index in [1.54, 1.807) is 6.08 Å². The van der Waals surface area contributed by atoms with Crippen molar-refractivity contribution in [2.24, 2.45) is 0 Å². The van der Waals surface area contributed by atoms with Gasteiger partial charge in [-0.05, 0) is 83.5 Å². The zero-order valence-electron chi connectivity index (χ0n) is 42.9. The van der Waals surface area contributed by atoms with Crippen molar-refractivity contribution in [1.82, 2.24) is 0 Å². The van der Waals surface area contributed by atoms with Crippen molar-refractivity contribution < 1.29 is 28.6 Å². The van der Waals surface area contributed by atoms with E-state index in [1.165, 1.54) is 122 Å². The van der Waals surface area contributed by atoms with Crippen molar-refractivity contribution in [3.8, 4) is 0 Å². The highest BCUT2D eigenvalue weighted by atomic mass is 16.6. The molecule has 0 aliphatic heterocycles. The van der Waals surface area contributed by atoms with E-state index in [0.717, 1.165) is 83.5 Å². The number of allylic oxidation sites excluding steroid dienone is 15. The Morgan fingerprint density at radius 3 is 1.00 bits per heavy atom. The zero-order valence-corrected chi connectivity index (χ0v) is 42.9. The lowest BCUT2D eigenvalue weighted by molar-refractivity contribution is -0.166. The highest BCUT2D eigenvalue weighted by Crippen LogP contribution is 2.14. The number of carbonyl (C=O) groups excluding carboxylic acids is 3. The molecule has 66 heavy (non-hydrogen) atoms. The number of carbonyl (C=O) groups is 3. The van der Waals surface area contributed by atoms with Crippen molar-refractivity contribution in [3.63, 3.8) is 0 Å². The molecule has 0 saturated heterocycles. The topological polar surface area (TPSA) is 78.9 Å². The maximum atomic E-state index is 12.7. The second-order valence-corrected chi connectivity index (χ2v) is 17.8. The minimum atomic E-state index is -0.829. The first-order valence-electron chi connectivity index (χ1n) is 27.2. The van der Waals surface area contributed by atoms with Crippen LogP contribution in [0.25, 0.3) is 0 Å². The van der Waals surface area contributed by atoms with Gasteiger partial charge in [0, 0.05) is 12.8 Å².